The first-order valence-corrected chi connectivity index (χ1v) is 4.62. The Labute approximate surface area is 87.2 Å². The molecule has 84 valence electrons. The Morgan fingerprint density at radius 1 is 1.33 bits per heavy atom. The molecule has 6 nitrogen and oxygen atoms in total. The molecule has 1 aliphatic rings. The van der Waals surface area contributed by atoms with Gasteiger partial charge in [0.15, 0.2) is 0 Å². The summed E-state index contributed by atoms with van der Waals surface area (Å²) in [5.74, 6) is -1.94. The molecule has 0 saturated heterocycles. The molecular formula is C9H14N2O4. The minimum Gasteiger partial charge on any atom is -0.480 e. The second-order valence-corrected chi connectivity index (χ2v) is 3.86. The molecule has 1 saturated carbocycles. The van der Waals surface area contributed by atoms with Crippen LogP contribution in [0.2, 0.25) is 0 Å². The van der Waals surface area contributed by atoms with E-state index >= 15 is 0 Å². The van der Waals surface area contributed by atoms with Gasteiger partial charge in [-0.2, -0.15) is 0 Å². The van der Waals surface area contributed by atoms with Gasteiger partial charge in [0.1, 0.15) is 5.41 Å². The molecule has 1 rings (SSSR count). The third-order valence-corrected chi connectivity index (χ3v) is 2.49. The van der Waals surface area contributed by atoms with Gasteiger partial charge in [-0.3, -0.25) is 14.4 Å². The minimum atomic E-state index is -1.27. The molecule has 2 amide bonds. The quantitative estimate of drug-likeness (QED) is 0.591. The molecule has 0 bridgehead atoms. The second kappa shape index (κ2) is 3.88. The summed E-state index contributed by atoms with van der Waals surface area (Å²) in [6, 6.07) is 0. The van der Waals surface area contributed by atoms with Crippen molar-refractivity contribution in [1.29, 1.82) is 0 Å². The monoisotopic (exact) mass is 214 g/mol. The van der Waals surface area contributed by atoms with Crippen LogP contribution in [0, 0.1) is 5.41 Å². The number of carbonyl (C=O) groups is 3. The highest BCUT2D eigenvalue weighted by Crippen LogP contribution is 2.45. The Hall–Kier alpha value is -1.59. The number of hydrogen-bond acceptors (Lipinski definition) is 3. The van der Waals surface area contributed by atoms with E-state index in [1.165, 1.54) is 4.90 Å². The Morgan fingerprint density at radius 2 is 1.87 bits per heavy atom. The van der Waals surface area contributed by atoms with Crippen molar-refractivity contribution in [2.45, 2.75) is 12.8 Å². The Morgan fingerprint density at radius 3 is 2.20 bits per heavy atom. The van der Waals surface area contributed by atoms with Gasteiger partial charge in [-0.15, -0.1) is 0 Å². The molecule has 0 aromatic carbocycles. The van der Waals surface area contributed by atoms with E-state index in [-0.39, 0.29) is 12.5 Å². The number of rotatable bonds is 4. The first kappa shape index (κ1) is 11.5. The fourth-order valence-corrected chi connectivity index (χ4v) is 1.15. The molecule has 0 radical (unpaired) electrons. The largest absolute Gasteiger partial charge is 0.480 e. The normalized spacial score (nSPS) is 16.7. The highest BCUT2D eigenvalue weighted by molar-refractivity contribution is 6.05. The van der Waals surface area contributed by atoms with Gasteiger partial charge in [-0.25, -0.2) is 0 Å². The molecule has 1 aliphatic carbocycles. The fourth-order valence-electron chi connectivity index (χ4n) is 1.15. The van der Waals surface area contributed by atoms with Gasteiger partial charge in [0.05, 0.1) is 6.54 Å². The first-order valence-electron chi connectivity index (χ1n) is 4.62. The number of amides is 2. The van der Waals surface area contributed by atoms with Crippen molar-refractivity contribution in [3.8, 4) is 0 Å². The van der Waals surface area contributed by atoms with E-state index in [0.717, 1.165) is 0 Å². The zero-order chi connectivity index (χ0) is 11.6. The summed E-state index contributed by atoms with van der Waals surface area (Å²) in [6.45, 7) is -0.152. The van der Waals surface area contributed by atoms with Crippen molar-refractivity contribution < 1.29 is 19.5 Å². The van der Waals surface area contributed by atoms with Crippen LogP contribution in [0.25, 0.3) is 0 Å². The Bertz CT molecular complexity index is 307. The summed E-state index contributed by atoms with van der Waals surface area (Å²) < 4.78 is 0. The number of carboxylic acids is 1. The first-order chi connectivity index (χ1) is 6.90. The van der Waals surface area contributed by atoms with E-state index in [2.05, 4.69) is 5.32 Å². The third kappa shape index (κ3) is 2.26. The SMILES string of the molecule is CN(C)C(=O)CNC(=O)C1(C(=O)O)CC1. The number of hydrogen-bond donors (Lipinski definition) is 2. The molecule has 0 aliphatic heterocycles. The Balaban J connectivity index is 2.44. The third-order valence-electron chi connectivity index (χ3n) is 2.49. The van der Waals surface area contributed by atoms with Crippen molar-refractivity contribution >= 4 is 17.8 Å². The summed E-state index contributed by atoms with van der Waals surface area (Å²) >= 11 is 0. The number of likely N-dealkylation sites (N-methyl/N-ethyl adjacent to an activating group) is 1. The lowest BCUT2D eigenvalue weighted by molar-refractivity contribution is -0.149. The molecule has 2 N–H and O–H groups in total. The number of nitrogens with zero attached hydrogens (tertiary/aromatic N) is 1. The lowest BCUT2D eigenvalue weighted by Crippen LogP contribution is -2.42. The van der Waals surface area contributed by atoms with Crippen LogP contribution in [0.1, 0.15) is 12.8 Å². The minimum absolute atomic E-state index is 0.152. The van der Waals surface area contributed by atoms with Crippen LogP contribution in [0.5, 0.6) is 0 Å². The van der Waals surface area contributed by atoms with Gasteiger partial charge in [0.2, 0.25) is 11.8 Å². The van der Waals surface area contributed by atoms with Gasteiger partial charge in [0.25, 0.3) is 0 Å². The van der Waals surface area contributed by atoms with E-state index in [1.54, 1.807) is 14.1 Å². The molecular weight excluding hydrogens is 200 g/mol. The van der Waals surface area contributed by atoms with Crippen LogP contribution < -0.4 is 5.32 Å². The summed E-state index contributed by atoms with van der Waals surface area (Å²) in [4.78, 5) is 34.6. The van der Waals surface area contributed by atoms with Crippen molar-refractivity contribution in [2.24, 2.45) is 5.41 Å². The van der Waals surface area contributed by atoms with Gasteiger partial charge < -0.3 is 15.3 Å². The van der Waals surface area contributed by atoms with Crippen molar-refractivity contribution in [1.82, 2.24) is 10.2 Å². The number of nitrogens with one attached hydrogen (secondary N) is 1. The maximum atomic E-state index is 11.4. The maximum absolute atomic E-state index is 11.4. The average Bonchev–Trinajstić information content (AvgIpc) is 2.93. The van der Waals surface area contributed by atoms with Crippen LogP contribution >= 0.6 is 0 Å². The van der Waals surface area contributed by atoms with Crippen molar-refractivity contribution in [3.63, 3.8) is 0 Å². The lowest BCUT2D eigenvalue weighted by atomic mass is 10.1. The van der Waals surface area contributed by atoms with Crippen LogP contribution in [0.3, 0.4) is 0 Å². The zero-order valence-corrected chi connectivity index (χ0v) is 8.74. The van der Waals surface area contributed by atoms with Crippen molar-refractivity contribution in [2.75, 3.05) is 20.6 Å². The zero-order valence-electron chi connectivity index (χ0n) is 8.74. The predicted molar refractivity (Wildman–Crippen MR) is 51.0 cm³/mol. The number of carbonyl (C=O) groups excluding carboxylic acids is 2. The van der Waals surface area contributed by atoms with Gasteiger partial charge in [-0.05, 0) is 12.8 Å². The van der Waals surface area contributed by atoms with Crippen LogP contribution in [-0.4, -0.2) is 48.4 Å². The highest BCUT2D eigenvalue weighted by atomic mass is 16.4. The van der Waals surface area contributed by atoms with E-state index in [0.29, 0.717) is 12.8 Å². The summed E-state index contributed by atoms with van der Waals surface area (Å²) in [5, 5.41) is 11.1. The number of aliphatic carboxylic acids is 1. The molecule has 0 atom stereocenters. The molecule has 0 aromatic heterocycles. The van der Waals surface area contributed by atoms with Gasteiger partial charge in [0, 0.05) is 14.1 Å². The highest BCUT2D eigenvalue weighted by Gasteiger charge is 2.57. The van der Waals surface area contributed by atoms with Gasteiger partial charge >= 0.3 is 5.97 Å². The number of carboxylic acid groups (broad SMARTS) is 1. The van der Waals surface area contributed by atoms with Crippen molar-refractivity contribution in [3.05, 3.63) is 0 Å². The van der Waals surface area contributed by atoms with E-state index < -0.39 is 17.3 Å². The second-order valence-electron chi connectivity index (χ2n) is 3.86. The molecule has 0 heterocycles. The molecule has 15 heavy (non-hydrogen) atoms. The topological polar surface area (TPSA) is 86.7 Å². The fraction of sp³-hybridized carbons (Fsp3) is 0.667. The van der Waals surface area contributed by atoms with Crippen LogP contribution in [-0.2, 0) is 14.4 Å². The average molecular weight is 214 g/mol. The predicted octanol–water partition coefficient (Wildman–Crippen LogP) is -0.944. The van der Waals surface area contributed by atoms with Gasteiger partial charge in [-0.1, -0.05) is 0 Å². The smallest absolute Gasteiger partial charge is 0.319 e. The molecule has 1 fully saturated rings. The van der Waals surface area contributed by atoms with E-state index in [4.69, 9.17) is 5.11 Å². The lowest BCUT2D eigenvalue weighted by Gasteiger charge is -2.13. The summed E-state index contributed by atoms with van der Waals surface area (Å²) in [5.41, 5.74) is -1.27. The molecule has 6 heteroatoms. The Kier molecular flexibility index (Phi) is 2.97. The molecule has 0 spiro atoms. The summed E-state index contributed by atoms with van der Waals surface area (Å²) in [6.07, 6.45) is 0.703. The van der Waals surface area contributed by atoms with Crippen LogP contribution in [0.4, 0.5) is 0 Å². The standard InChI is InChI=1S/C9H14N2O4/c1-11(2)6(12)5-10-7(13)9(3-4-9)8(14)15/h3-5H2,1-2H3,(H,10,13)(H,14,15). The van der Waals surface area contributed by atoms with E-state index in [1.807, 2.05) is 0 Å². The summed E-state index contributed by atoms with van der Waals surface area (Å²) in [7, 11) is 3.14. The molecule has 0 aromatic rings. The van der Waals surface area contributed by atoms with E-state index in [9.17, 15) is 14.4 Å². The van der Waals surface area contributed by atoms with Crippen LogP contribution in [0.15, 0.2) is 0 Å². The maximum Gasteiger partial charge on any atom is 0.319 e. The molecule has 0 unspecified atom stereocenters.